The molecule has 0 aliphatic rings. The number of carboxylic acids is 1. The number of carbonyl (C=O) groups excluding carboxylic acids is 4. The standard InChI is InChI=1S/C27H32N6O6/c1-15(28)24(35)31-20(11-16-7-3-2-4-8-16)25(36)32-21(26(37)33-22(27(38)39)13-23(29)34)12-17-14-30-19-10-6-5-9-18(17)19/h2-10,14-15,20-22,30H,11-13,28H2,1H3,(H2,29,34)(H,31,35)(H,32,36)(H,33,37)(H,38,39). The number of aromatic nitrogens is 1. The Morgan fingerprint density at radius 1 is 0.821 bits per heavy atom. The Hall–Kier alpha value is -4.71. The molecule has 1 heterocycles. The van der Waals surface area contributed by atoms with Crippen LogP contribution in [-0.4, -0.2) is 63.9 Å². The van der Waals surface area contributed by atoms with E-state index in [2.05, 4.69) is 20.9 Å². The summed E-state index contributed by atoms with van der Waals surface area (Å²) in [6, 6.07) is 11.5. The minimum absolute atomic E-state index is 0.0101. The number of nitrogens with two attached hydrogens (primary N) is 2. The third kappa shape index (κ3) is 8.14. The maximum atomic E-state index is 13.5. The van der Waals surface area contributed by atoms with Crippen molar-refractivity contribution in [3.05, 3.63) is 71.9 Å². The lowest BCUT2D eigenvalue weighted by Crippen LogP contribution is -2.58. The predicted octanol–water partition coefficient (Wildman–Crippen LogP) is -0.285. The highest BCUT2D eigenvalue weighted by molar-refractivity contribution is 5.95. The summed E-state index contributed by atoms with van der Waals surface area (Å²) in [4.78, 5) is 65.2. The zero-order valence-electron chi connectivity index (χ0n) is 21.3. The number of primary amides is 1. The largest absolute Gasteiger partial charge is 0.480 e. The minimum Gasteiger partial charge on any atom is -0.480 e. The van der Waals surface area contributed by atoms with E-state index < -0.39 is 60.2 Å². The van der Waals surface area contributed by atoms with E-state index in [1.165, 1.54) is 6.92 Å². The van der Waals surface area contributed by atoms with Crippen molar-refractivity contribution in [1.82, 2.24) is 20.9 Å². The molecule has 206 valence electrons. The molecule has 12 heteroatoms. The van der Waals surface area contributed by atoms with Crippen molar-refractivity contribution in [2.24, 2.45) is 11.5 Å². The molecule has 0 spiro atoms. The van der Waals surface area contributed by atoms with Crippen molar-refractivity contribution in [3.63, 3.8) is 0 Å². The molecule has 0 radical (unpaired) electrons. The molecule has 12 nitrogen and oxygen atoms in total. The van der Waals surface area contributed by atoms with Gasteiger partial charge in [-0.1, -0.05) is 48.5 Å². The molecule has 0 aliphatic carbocycles. The molecule has 0 saturated carbocycles. The monoisotopic (exact) mass is 536 g/mol. The molecule has 0 fully saturated rings. The fourth-order valence-electron chi connectivity index (χ4n) is 4.04. The average molecular weight is 537 g/mol. The Bertz CT molecular complexity index is 1340. The molecule has 0 aliphatic heterocycles. The maximum absolute atomic E-state index is 13.5. The molecule has 4 unspecified atom stereocenters. The molecular formula is C27H32N6O6. The van der Waals surface area contributed by atoms with Crippen molar-refractivity contribution >= 4 is 40.5 Å². The first kappa shape index (κ1) is 28.9. The highest BCUT2D eigenvalue weighted by Gasteiger charge is 2.31. The summed E-state index contributed by atoms with van der Waals surface area (Å²) in [6.07, 6.45) is 1.17. The minimum atomic E-state index is -1.59. The van der Waals surface area contributed by atoms with Gasteiger partial charge in [-0.05, 0) is 24.1 Å². The van der Waals surface area contributed by atoms with E-state index in [0.29, 0.717) is 5.56 Å². The zero-order chi connectivity index (χ0) is 28.5. The van der Waals surface area contributed by atoms with Crippen LogP contribution in [0, 0.1) is 0 Å². The Kier molecular flexibility index (Phi) is 9.76. The second-order valence-corrected chi connectivity index (χ2v) is 9.23. The molecule has 39 heavy (non-hydrogen) atoms. The fraction of sp³-hybridized carbons (Fsp3) is 0.296. The zero-order valence-corrected chi connectivity index (χ0v) is 21.3. The summed E-state index contributed by atoms with van der Waals surface area (Å²) in [7, 11) is 0. The van der Waals surface area contributed by atoms with Gasteiger partial charge in [0.25, 0.3) is 0 Å². The number of aliphatic carboxylic acids is 1. The first-order valence-corrected chi connectivity index (χ1v) is 12.3. The second-order valence-electron chi connectivity index (χ2n) is 9.23. The molecule has 4 atom stereocenters. The second kappa shape index (κ2) is 13.2. The van der Waals surface area contributed by atoms with Gasteiger partial charge in [-0.25, -0.2) is 4.79 Å². The van der Waals surface area contributed by atoms with Gasteiger partial charge >= 0.3 is 5.97 Å². The van der Waals surface area contributed by atoms with Gasteiger partial charge in [0.05, 0.1) is 12.5 Å². The van der Waals surface area contributed by atoms with Crippen LogP contribution in [0.1, 0.15) is 24.5 Å². The fourth-order valence-corrected chi connectivity index (χ4v) is 4.04. The molecule has 9 N–H and O–H groups in total. The summed E-state index contributed by atoms with van der Waals surface area (Å²) >= 11 is 0. The van der Waals surface area contributed by atoms with Crippen LogP contribution in [0.15, 0.2) is 60.8 Å². The van der Waals surface area contributed by atoms with Crippen molar-refractivity contribution in [2.75, 3.05) is 0 Å². The van der Waals surface area contributed by atoms with E-state index in [4.69, 9.17) is 11.5 Å². The molecule has 4 amide bonds. The number of fused-ring (bicyclic) bond motifs is 1. The number of nitrogens with one attached hydrogen (secondary N) is 4. The van der Waals surface area contributed by atoms with Crippen molar-refractivity contribution in [2.45, 2.75) is 50.4 Å². The number of hydrogen-bond donors (Lipinski definition) is 7. The SMILES string of the molecule is CC(N)C(=O)NC(Cc1ccccc1)C(=O)NC(Cc1c[nH]c2ccccc12)C(=O)NC(CC(N)=O)C(=O)O. The third-order valence-corrected chi connectivity index (χ3v) is 6.08. The van der Waals surface area contributed by atoms with E-state index >= 15 is 0 Å². The molecular weight excluding hydrogens is 504 g/mol. The van der Waals surface area contributed by atoms with E-state index in [-0.39, 0.29) is 12.8 Å². The van der Waals surface area contributed by atoms with Crippen LogP contribution in [0.5, 0.6) is 0 Å². The Morgan fingerprint density at radius 3 is 2.00 bits per heavy atom. The number of hydrogen-bond acceptors (Lipinski definition) is 6. The van der Waals surface area contributed by atoms with Crippen LogP contribution in [0.4, 0.5) is 0 Å². The number of para-hydroxylation sites is 1. The van der Waals surface area contributed by atoms with Crippen molar-refractivity contribution < 1.29 is 29.1 Å². The molecule has 0 bridgehead atoms. The summed E-state index contributed by atoms with van der Waals surface area (Å²) in [5.74, 6) is -4.43. The predicted molar refractivity (Wildman–Crippen MR) is 143 cm³/mol. The number of carboxylic acid groups (broad SMARTS) is 1. The van der Waals surface area contributed by atoms with E-state index in [1.807, 2.05) is 30.3 Å². The Balaban J connectivity index is 1.90. The number of carbonyl (C=O) groups is 5. The molecule has 0 saturated heterocycles. The van der Waals surface area contributed by atoms with Gasteiger partial charge < -0.3 is 37.5 Å². The number of amides is 4. The topological polar surface area (TPSA) is 209 Å². The van der Waals surface area contributed by atoms with E-state index in [0.717, 1.165) is 16.5 Å². The Morgan fingerprint density at radius 2 is 1.38 bits per heavy atom. The van der Waals surface area contributed by atoms with Crippen LogP contribution < -0.4 is 27.4 Å². The average Bonchev–Trinajstić information content (AvgIpc) is 3.30. The first-order valence-electron chi connectivity index (χ1n) is 12.3. The van der Waals surface area contributed by atoms with Gasteiger partial charge in [-0.15, -0.1) is 0 Å². The van der Waals surface area contributed by atoms with Crippen LogP contribution >= 0.6 is 0 Å². The van der Waals surface area contributed by atoms with E-state index in [1.54, 1.807) is 30.5 Å². The van der Waals surface area contributed by atoms with Crippen LogP contribution in [0.3, 0.4) is 0 Å². The van der Waals surface area contributed by atoms with Crippen LogP contribution in [0.25, 0.3) is 10.9 Å². The van der Waals surface area contributed by atoms with Crippen LogP contribution in [0.2, 0.25) is 0 Å². The number of benzene rings is 2. The summed E-state index contributed by atoms with van der Waals surface area (Å²) in [5.41, 5.74) is 13.1. The summed E-state index contributed by atoms with van der Waals surface area (Å²) < 4.78 is 0. The van der Waals surface area contributed by atoms with Crippen LogP contribution in [-0.2, 0) is 36.8 Å². The lowest BCUT2D eigenvalue weighted by molar-refractivity contribution is -0.143. The maximum Gasteiger partial charge on any atom is 0.326 e. The molecule has 3 aromatic rings. The molecule has 2 aromatic carbocycles. The van der Waals surface area contributed by atoms with Gasteiger partial charge in [-0.2, -0.15) is 0 Å². The number of rotatable bonds is 13. The number of H-pyrrole nitrogens is 1. The molecule has 1 aromatic heterocycles. The third-order valence-electron chi connectivity index (χ3n) is 6.08. The highest BCUT2D eigenvalue weighted by atomic mass is 16.4. The van der Waals surface area contributed by atoms with Gasteiger partial charge in [-0.3, -0.25) is 19.2 Å². The molecule has 3 rings (SSSR count). The Labute approximate surface area is 224 Å². The first-order chi connectivity index (χ1) is 18.5. The van der Waals surface area contributed by atoms with Gasteiger partial charge in [0.2, 0.25) is 23.6 Å². The van der Waals surface area contributed by atoms with Gasteiger partial charge in [0.15, 0.2) is 0 Å². The van der Waals surface area contributed by atoms with Gasteiger partial charge in [0.1, 0.15) is 18.1 Å². The number of aromatic amines is 1. The summed E-state index contributed by atoms with van der Waals surface area (Å²) in [5, 5.41) is 17.8. The quantitative estimate of drug-likeness (QED) is 0.155. The smallest absolute Gasteiger partial charge is 0.326 e. The normalized spacial score (nSPS) is 14.0. The lowest BCUT2D eigenvalue weighted by atomic mass is 10.0. The summed E-state index contributed by atoms with van der Waals surface area (Å²) in [6.45, 7) is 1.48. The highest BCUT2D eigenvalue weighted by Crippen LogP contribution is 2.19. The van der Waals surface area contributed by atoms with E-state index in [9.17, 15) is 29.1 Å². The lowest BCUT2D eigenvalue weighted by Gasteiger charge is -2.25. The van der Waals surface area contributed by atoms with Crippen molar-refractivity contribution in [3.8, 4) is 0 Å². The van der Waals surface area contributed by atoms with Gasteiger partial charge in [0, 0.05) is 29.9 Å². The van der Waals surface area contributed by atoms with Crippen molar-refractivity contribution in [1.29, 1.82) is 0 Å².